The van der Waals surface area contributed by atoms with Gasteiger partial charge in [-0.25, -0.2) is 4.79 Å². The highest BCUT2D eigenvalue weighted by Crippen LogP contribution is 2.15. The number of benzene rings is 2. The molecule has 0 fully saturated rings. The molecule has 0 saturated carbocycles. The van der Waals surface area contributed by atoms with E-state index in [1.54, 1.807) is 48.5 Å². The number of hydrogen-bond donors (Lipinski definition) is 2. The molecule has 0 saturated heterocycles. The molecule has 2 N–H and O–H groups in total. The Labute approximate surface area is 136 Å². The third kappa shape index (κ3) is 3.70. The monoisotopic (exact) mass is 328 g/mol. The Hall–Kier alpha value is -2.79. The number of carbonyl (C=O) groups is 1. The van der Waals surface area contributed by atoms with Gasteiger partial charge in [0.15, 0.2) is 0 Å². The maximum atomic E-state index is 12.0. The topological polar surface area (TPSA) is 71.3 Å². The molecule has 0 spiro atoms. The Bertz CT molecular complexity index is 904. The Morgan fingerprint density at radius 2 is 1.83 bits per heavy atom. The smallest absolute Gasteiger partial charge is 0.360 e. The van der Waals surface area contributed by atoms with E-state index in [1.165, 1.54) is 0 Å². The molecule has 1 heterocycles. The van der Waals surface area contributed by atoms with Crippen molar-refractivity contribution in [1.29, 1.82) is 0 Å². The second-order valence-corrected chi connectivity index (χ2v) is 5.33. The first-order valence-corrected chi connectivity index (χ1v) is 7.32. The summed E-state index contributed by atoms with van der Waals surface area (Å²) in [7, 11) is 0. The quantitative estimate of drug-likeness (QED) is 0.719. The summed E-state index contributed by atoms with van der Waals surface area (Å²) in [4.78, 5) is 23.8. The molecule has 0 bridgehead atoms. The van der Waals surface area contributed by atoms with Crippen LogP contribution in [0.3, 0.4) is 0 Å². The molecule has 3 aromatic rings. The van der Waals surface area contributed by atoms with Crippen molar-refractivity contribution in [3.8, 4) is 0 Å². The van der Waals surface area contributed by atoms with Crippen molar-refractivity contribution in [2.24, 2.45) is 0 Å². The molecule has 2 aromatic carbocycles. The van der Waals surface area contributed by atoms with Gasteiger partial charge in [0.25, 0.3) is 0 Å². The molecule has 0 unspecified atom stereocenters. The van der Waals surface area contributed by atoms with E-state index in [9.17, 15) is 9.59 Å². The van der Waals surface area contributed by atoms with Crippen LogP contribution in [0.4, 0.5) is 11.4 Å². The van der Waals surface area contributed by atoms with Gasteiger partial charge >= 0.3 is 5.63 Å². The lowest BCUT2D eigenvalue weighted by molar-refractivity contribution is -0.114. The van der Waals surface area contributed by atoms with Crippen LogP contribution in [0.15, 0.2) is 63.8 Å². The lowest BCUT2D eigenvalue weighted by Crippen LogP contribution is -2.24. The van der Waals surface area contributed by atoms with Gasteiger partial charge in [0, 0.05) is 16.1 Å². The minimum atomic E-state index is -0.580. The highest BCUT2D eigenvalue weighted by Gasteiger charge is 2.08. The van der Waals surface area contributed by atoms with Crippen LogP contribution in [0, 0.1) is 0 Å². The maximum absolute atomic E-state index is 12.0. The van der Waals surface area contributed by atoms with Crippen LogP contribution in [-0.2, 0) is 4.79 Å². The van der Waals surface area contributed by atoms with Crippen LogP contribution in [0.5, 0.6) is 0 Å². The molecule has 0 atom stereocenters. The van der Waals surface area contributed by atoms with E-state index in [0.29, 0.717) is 10.6 Å². The predicted octanol–water partition coefficient (Wildman–Crippen LogP) is 3.50. The Balaban J connectivity index is 1.69. The predicted molar refractivity (Wildman–Crippen MR) is 91.1 cm³/mol. The standard InChI is InChI=1S/C17H13ClN2O3/c18-12-5-7-13(8-6-12)19-10-16(21)20-14-9-11-3-1-2-4-15(11)23-17(14)22/h1-9,19H,10H2,(H,20,21). The molecule has 0 aliphatic heterocycles. The second kappa shape index (κ2) is 6.54. The summed E-state index contributed by atoms with van der Waals surface area (Å²) < 4.78 is 5.16. The van der Waals surface area contributed by atoms with Crippen molar-refractivity contribution in [3.05, 3.63) is 70.0 Å². The fourth-order valence-corrected chi connectivity index (χ4v) is 2.22. The summed E-state index contributed by atoms with van der Waals surface area (Å²) in [6.45, 7) is 0.0217. The summed E-state index contributed by atoms with van der Waals surface area (Å²) in [6.07, 6.45) is 0. The van der Waals surface area contributed by atoms with Crippen LogP contribution in [-0.4, -0.2) is 12.5 Å². The molecular formula is C17H13ClN2O3. The fraction of sp³-hybridized carbons (Fsp3) is 0.0588. The summed E-state index contributed by atoms with van der Waals surface area (Å²) in [5.74, 6) is -0.345. The third-order valence-electron chi connectivity index (χ3n) is 3.21. The number of halogens is 1. The van der Waals surface area contributed by atoms with Gasteiger partial charge in [-0.2, -0.15) is 0 Å². The van der Waals surface area contributed by atoms with Gasteiger partial charge in [-0.3, -0.25) is 4.79 Å². The van der Waals surface area contributed by atoms with Crippen molar-refractivity contribution < 1.29 is 9.21 Å². The third-order valence-corrected chi connectivity index (χ3v) is 3.46. The molecule has 1 amide bonds. The van der Waals surface area contributed by atoms with Gasteiger partial charge in [0.05, 0.1) is 6.54 Å². The number of fused-ring (bicyclic) bond motifs is 1. The molecule has 0 aliphatic carbocycles. The van der Waals surface area contributed by atoms with Crippen molar-refractivity contribution in [1.82, 2.24) is 0 Å². The van der Waals surface area contributed by atoms with E-state index in [4.69, 9.17) is 16.0 Å². The summed E-state index contributed by atoms with van der Waals surface area (Å²) >= 11 is 5.79. The second-order valence-electron chi connectivity index (χ2n) is 4.89. The van der Waals surface area contributed by atoms with Crippen molar-refractivity contribution in [2.75, 3.05) is 17.2 Å². The zero-order chi connectivity index (χ0) is 16.2. The molecule has 23 heavy (non-hydrogen) atoms. The van der Waals surface area contributed by atoms with E-state index < -0.39 is 5.63 Å². The van der Waals surface area contributed by atoms with E-state index in [2.05, 4.69) is 10.6 Å². The molecule has 1 aromatic heterocycles. The first kappa shape index (κ1) is 15.1. The summed E-state index contributed by atoms with van der Waals surface area (Å²) in [5, 5.41) is 6.86. The maximum Gasteiger partial charge on any atom is 0.360 e. The molecule has 0 radical (unpaired) electrons. The fourth-order valence-electron chi connectivity index (χ4n) is 2.09. The molecule has 5 nitrogen and oxygen atoms in total. The molecule has 116 valence electrons. The van der Waals surface area contributed by atoms with Gasteiger partial charge in [-0.05, 0) is 36.4 Å². The van der Waals surface area contributed by atoms with Crippen molar-refractivity contribution in [2.45, 2.75) is 0 Å². The average molecular weight is 329 g/mol. The van der Waals surface area contributed by atoms with Gasteiger partial charge in [-0.1, -0.05) is 29.8 Å². The number of amides is 1. The molecular weight excluding hydrogens is 316 g/mol. The lowest BCUT2D eigenvalue weighted by Gasteiger charge is -2.07. The number of nitrogens with one attached hydrogen (secondary N) is 2. The Morgan fingerprint density at radius 1 is 1.09 bits per heavy atom. The molecule has 0 aliphatic rings. The van der Waals surface area contributed by atoms with E-state index >= 15 is 0 Å². The Kier molecular flexibility index (Phi) is 4.30. The number of rotatable bonds is 4. The highest BCUT2D eigenvalue weighted by atomic mass is 35.5. The van der Waals surface area contributed by atoms with E-state index in [1.807, 2.05) is 6.07 Å². The van der Waals surface area contributed by atoms with Gasteiger partial charge in [-0.15, -0.1) is 0 Å². The number of para-hydroxylation sites is 1. The van der Waals surface area contributed by atoms with Gasteiger partial charge in [0.2, 0.25) is 5.91 Å². The summed E-state index contributed by atoms with van der Waals surface area (Å²) in [5.41, 5.74) is 0.778. The number of anilines is 2. The summed E-state index contributed by atoms with van der Waals surface area (Å²) in [6, 6.07) is 15.7. The molecule has 6 heteroatoms. The minimum Gasteiger partial charge on any atom is -0.421 e. The van der Waals surface area contributed by atoms with Crippen LogP contribution < -0.4 is 16.3 Å². The van der Waals surface area contributed by atoms with E-state index in [-0.39, 0.29) is 18.1 Å². The first-order chi connectivity index (χ1) is 11.1. The number of carbonyl (C=O) groups excluding carboxylic acids is 1. The zero-order valence-electron chi connectivity index (χ0n) is 12.0. The highest BCUT2D eigenvalue weighted by molar-refractivity contribution is 6.30. The largest absolute Gasteiger partial charge is 0.421 e. The average Bonchev–Trinajstić information content (AvgIpc) is 2.55. The Morgan fingerprint density at radius 3 is 2.61 bits per heavy atom. The van der Waals surface area contributed by atoms with Crippen molar-refractivity contribution in [3.63, 3.8) is 0 Å². The van der Waals surface area contributed by atoms with E-state index in [0.717, 1.165) is 11.1 Å². The van der Waals surface area contributed by atoms with Gasteiger partial charge < -0.3 is 15.1 Å². The lowest BCUT2D eigenvalue weighted by atomic mass is 10.2. The van der Waals surface area contributed by atoms with Crippen molar-refractivity contribution >= 4 is 39.9 Å². The van der Waals surface area contributed by atoms with Crippen LogP contribution in [0.2, 0.25) is 5.02 Å². The van der Waals surface area contributed by atoms with Crippen LogP contribution in [0.25, 0.3) is 11.0 Å². The SMILES string of the molecule is O=C(CNc1ccc(Cl)cc1)Nc1cc2ccccc2oc1=O. The zero-order valence-corrected chi connectivity index (χ0v) is 12.8. The first-order valence-electron chi connectivity index (χ1n) is 6.94. The normalized spacial score (nSPS) is 10.5. The molecule has 3 rings (SSSR count). The number of hydrogen-bond acceptors (Lipinski definition) is 4. The minimum absolute atomic E-state index is 0.0217. The van der Waals surface area contributed by atoms with Crippen LogP contribution >= 0.6 is 11.6 Å². The van der Waals surface area contributed by atoms with Gasteiger partial charge in [0.1, 0.15) is 11.3 Å². The van der Waals surface area contributed by atoms with Crippen LogP contribution in [0.1, 0.15) is 0 Å².